The zero-order valence-electron chi connectivity index (χ0n) is 11.1. The Morgan fingerprint density at radius 2 is 1.74 bits per heavy atom. The highest BCUT2D eigenvalue weighted by Gasteiger charge is 2.31. The van der Waals surface area contributed by atoms with Gasteiger partial charge < -0.3 is 5.73 Å². The number of carbonyl (C=O) groups excluding carboxylic acids is 1. The Labute approximate surface area is 110 Å². The predicted molar refractivity (Wildman–Crippen MR) is 67.6 cm³/mol. The van der Waals surface area contributed by atoms with Gasteiger partial charge in [0.25, 0.3) is 0 Å². The topological polar surface area (TPSA) is 43.1 Å². The maximum atomic E-state index is 12.4. The van der Waals surface area contributed by atoms with E-state index >= 15 is 0 Å². The summed E-state index contributed by atoms with van der Waals surface area (Å²) < 4.78 is 37.2. The average molecular weight is 273 g/mol. The molecule has 0 spiro atoms. The van der Waals surface area contributed by atoms with Gasteiger partial charge in [-0.25, -0.2) is 0 Å². The summed E-state index contributed by atoms with van der Waals surface area (Å²) in [6.45, 7) is 3.89. The summed E-state index contributed by atoms with van der Waals surface area (Å²) in [6, 6.07) is 4.67. The second-order valence-electron chi connectivity index (χ2n) is 4.91. The van der Waals surface area contributed by atoms with Crippen LogP contribution in [-0.2, 0) is 17.4 Å². The zero-order chi connectivity index (χ0) is 14.7. The number of ketones is 1. The van der Waals surface area contributed by atoms with Crippen molar-refractivity contribution >= 4 is 5.78 Å². The van der Waals surface area contributed by atoms with Crippen LogP contribution in [0.5, 0.6) is 0 Å². The van der Waals surface area contributed by atoms with E-state index in [4.69, 9.17) is 5.73 Å². The first kappa shape index (κ1) is 15.7. The van der Waals surface area contributed by atoms with Gasteiger partial charge in [0.15, 0.2) is 0 Å². The number of Topliss-reactive ketones (excluding diaryl/α,β-unsaturated/α-hetero) is 1. The van der Waals surface area contributed by atoms with Gasteiger partial charge in [-0.2, -0.15) is 13.2 Å². The molecule has 0 heterocycles. The summed E-state index contributed by atoms with van der Waals surface area (Å²) in [7, 11) is 0. The number of nitrogens with two attached hydrogens (primary N) is 1. The summed E-state index contributed by atoms with van der Waals surface area (Å²) in [5, 5.41) is 0. The number of alkyl halides is 3. The smallest absolute Gasteiger partial charge is 0.329 e. The van der Waals surface area contributed by atoms with Gasteiger partial charge in [-0.05, 0) is 24.1 Å². The number of halogens is 3. The van der Waals surface area contributed by atoms with E-state index in [1.807, 2.05) is 6.92 Å². The molecule has 1 aromatic carbocycles. The molecule has 0 aromatic heterocycles. The third-order valence-electron chi connectivity index (χ3n) is 3.55. The van der Waals surface area contributed by atoms with Gasteiger partial charge in [-0.15, -0.1) is 0 Å². The van der Waals surface area contributed by atoms with Gasteiger partial charge in [0.2, 0.25) is 0 Å². The molecule has 5 heteroatoms. The Hall–Kier alpha value is -1.36. The number of rotatable bonds is 5. The molecule has 2 N–H and O–H groups in total. The lowest BCUT2D eigenvalue weighted by Crippen LogP contribution is -2.36. The summed E-state index contributed by atoms with van der Waals surface area (Å²) in [4.78, 5) is 12.1. The molecule has 0 aliphatic heterocycles. The van der Waals surface area contributed by atoms with Crippen LogP contribution in [0.15, 0.2) is 24.3 Å². The molecule has 19 heavy (non-hydrogen) atoms. The van der Waals surface area contributed by atoms with Gasteiger partial charge in [-0.3, -0.25) is 4.79 Å². The maximum absolute atomic E-state index is 12.4. The maximum Gasteiger partial charge on any atom is 0.416 e. The van der Waals surface area contributed by atoms with Gasteiger partial charge in [-0.1, -0.05) is 26.0 Å². The Morgan fingerprint density at radius 3 is 2.11 bits per heavy atom. The fourth-order valence-electron chi connectivity index (χ4n) is 1.67. The van der Waals surface area contributed by atoms with Crippen molar-refractivity contribution in [3.63, 3.8) is 0 Å². The summed E-state index contributed by atoms with van der Waals surface area (Å²) in [5.41, 5.74) is 4.84. The minimum atomic E-state index is -4.35. The van der Waals surface area contributed by atoms with Crippen LogP contribution in [0.1, 0.15) is 31.4 Å². The minimum Gasteiger partial charge on any atom is -0.329 e. The van der Waals surface area contributed by atoms with E-state index in [1.54, 1.807) is 6.92 Å². The zero-order valence-corrected chi connectivity index (χ0v) is 11.1. The molecule has 0 bridgehead atoms. The largest absolute Gasteiger partial charge is 0.416 e. The molecule has 1 aromatic rings. The SMILES string of the molecule is CCC(C)(CN)C(=O)Cc1ccc(C(F)(F)F)cc1. The average Bonchev–Trinajstić information content (AvgIpc) is 2.37. The van der Waals surface area contributed by atoms with Crippen molar-refractivity contribution in [3.8, 4) is 0 Å². The summed E-state index contributed by atoms with van der Waals surface area (Å²) in [6.07, 6.45) is -3.62. The van der Waals surface area contributed by atoms with E-state index in [-0.39, 0.29) is 18.7 Å². The fourth-order valence-corrected chi connectivity index (χ4v) is 1.67. The quantitative estimate of drug-likeness (QED) is 0.895. The lowest BCUT2D eigenvalue weighted by Gasteiger charge is -2.24. The Bertz CT molecular complexity index is 433. The summed E-state index contributed by atoms with van der Waals surface area (Å²) >= 11 is 0. The van der Waals surface area contributed by atoms with Gasteiger partial charge >= 0.3 is 6.18 Å². The Morgan fingerprint density at radius 1 is 1.21 bits per heavy atom. The van der Waals surface area contributed by atoms with Crippen molar-refractivity contribution in [3.05, 3.63) is 35.4 Å². The first-order valence-corrected chi connectivity index (χ1v) is 6.12. The first-order chi connectivity index (χ1) is 8.73. The van der Waals surface area contributed by atoms with Crippen molar-refractivity contribution in [1.29, 1.82) is 0 Å². The molecule has 0 aliphatic carbocycles. The standard InChI is InChI=1S/C14H18F3NO/c1-3-13(2,9-18)12(19)8-10-4-6-11(7-5-10)14(15,16)17/h4-7H,3,8-9,18H2,1-2H3. The van der Waals surface area contributed by atoms with Crippen molar-refractivity contribution in [2.24, 2.45) is 11.1 Å². The van der Waals surface area contributed by atoms with Crippen LogP contribution in [0, 0.1) is 5.41 Å². The minimum absolute atomic E-state index is 0.0442. The molecule has 0 amide bonds. The molecule has 1 rings (SSSR count). The summed E-state index contributed by atoms with van der Waals surface area (Å²) in [5.74, 6) is -0.0442. The second-order valence-corrected chi connectivity index (χ2v) is 4.91. The number of carbonyl (C=O) groups is 1. The van der Waals surface area contributed by atoms with Crippen LogP contribution in [0.3, 0.4) is 0 Å². The van der Waals surface area contributed by atoms with Gasteiger partial charge in [0.1, 0.15) is 5.78 Å². The van der Waals surface area contributed by atoms with Crippen LogP contribution in [-0.4, -0.2) is 12.3 Å². The third-order valence-corrected chi connectivity index (χ3v) is 3.55. The predicted octanol–water partition coefficient (Wildman–Crippen LogP) is 3.19. The van der Waals surface area contributed by atoms with E-state index in [0.29, 0.717) is 12.0 Å². The van der Waals surface area contributed by atoms with Crippen molar-refractivity contribution in [2.75, 3.05) is 6.54 Å². The van der Waals surface area contributed by atoms with Crippen molar-refractivity contribution < 1.29 is 18.0 Å². The van der Waals surface area contributed by atoms with Gasteiger partial charge in [0, 0.05) is 18.4 Å². The Balaban J connectivity index is 2.82. The fraction of sp³-hybridized carbons (Fsp3) is 0.500. The number of hydrogen-bond donors (Lipinski definition) is 1. The molecular weight excluding hydrogens is 255 g/mol. The molecule has 0 aliphatic rings. The molecule has 106 valence electrons. The van der Waals surface area contributed by atoms with Crippen LogP contribution >= 0.6 is 0 Å². The van der Waals surface area contributed by atoms with Gasteiger partial charge in [0.05, 0.1) is 5.56 Å². The van der Waals surface area contributed by atoms with E-state index in [1.165, 1.54) is 12.1 Å². The van der Waals surface area contributed by atoms with Crippen LogP contribution in [0.4, 0.5) is 13.2 Å². The van der Waals surface area contributed by atoms with Crippen molar-refractivity contribution in [2.45, 2.75) is 32.9 Å². The molecule has 0 saturated carbocycles. The number of hydrogen-bond acceptors (Lipinski definition) is 2. The molecular formula is C14H18F3NO. The highest BCUT2D eigenvalue weighted by atomic mass is 19.4. The lowest BCUT2D eigenvalue weighted by atomic mass is 9.80. The molecule has 1 atom stereocenters. The highest BCUT2D eigenvalue weighted by molar-refractivity contribution is 5.86. The Kier molecular flexibility index (Phi) is 4.74. The molecule has 1 unspecified atom stereocenters. The van der Waals surface area contributed by atoms with E-state index in [2.05, 4.69) is 0 Å². The van der Waals surface area contributed by atoms with Crippen LogP contribution in [0.25, 0.3) is 0 Å². The molecule has 0 saturated heterocycles. The van der Waals surface area contributed by atoms with E-state index < -0.39 is 17.2 Å². The monoisotopic (exact) mass is 273 g/mol. The lowest BCUT2D eigenvalue weighted by molar-refractivity contribution is -0.137. The van der Waals surface area contributed by atoms with Crippen LogP contribution in [0.2, 0.25) is 0 Å². The highest BCUT2D eigenvalue weighted by Crippen LogP contribution is 2.29. The first-order valence-electron chi connectivity index (χ1n) is 6.12. The van der Waals surface area contributed by atoms with Crippen molar-refractivity contribution in [1.82, 2.24) is 0 Å². The third kappa shape index (κ3) is 3.80. The second kappa shape index (κ2) is 5.74. The number of benzene rings is 1. The molecule has 0 radical (unpaired) electrons. The van der Waals surface area contributed by atoms with Crippen LogP contribution < -0.4 is 5.73 Å². The normalized spacial score (nSPS) is 15.1. The van der Waals surface area contributed by atoms with E-state index in [9.17, 15) is 18.0 Å². The van der Waals surface area contributed by atoms with E-state index in [0.717, 1.165) is 12.1 Å². The molecule has 2 nitrogen and oxygen atoms in total. The molecule has 0 fully saturated rings.